The van der Waals surface area contributed by atoms with Crippen molar-refractivity contribution in [1.82, 2.24) is 0 Å². The number of methoxy groups -OCH3 is 1. The van der Waals surface area contributed by atoms with Gasteiger partial charge in [0.1, 0.15) is 5.75 Å². The highest BCUT2D eigenvalue weighted by Gasteiger charge is 2.16. The fraction of sp³-hybridized carbons (Fsp3) is 0.200. The summed E-state index contributed by atoms with van der Waals surface area (Å²) < 4.78 is 30.8. The Hall–Kier alpha value is -1.37. The van der Waals surface area contributed by atoms with E-state index in [0.29, 0.717) is 22.8 Å². The second-order valence-electron chi connectivity index (χ2n) is 4.57. The molecular weight excluding hydrogens is 354 g/mol. The van der Waals surface area contributed by atoms with Crippen LogP contribution in [0.5, 0.6) is 5.75 Å². The summed E-state index contributed by atoms with van der Waals surface area (Å²) in [6, 6.07) is 12.0. The number of halogens is 1. The highest BCUT2D eigenvalue weighted by Crippen LogP contribution is 2.24. The summed E-state index contributed by atoms with van der Waals surface area (Å²) in [6.07, 6.45) is 0. The number of nitrogens with two attached hydrogens (primary N) is 1. The number of ether oxygens (including phenoxy) is 1. The Morgan fingerprint density at radius 1 is 1.19 bits per heavy atom. The zero-order valence-corrected chi connectivity index (χ0v) is 13.9. The van der Waals surface area contributed by atoms with Gasteiger partial charge in [-0.1, -0.05) is 34.1 Å². The van der Waals surface area contributed by atoms with Gasteiger partial charge in [0.2, 0.25) is 0 Å². The molecule has 0 aliphatic carbocycles. The van der Waals surface area contributed by atoms with Gasteiger partial charge in [0, 0.05) is 16.6 Å². The summed E-state index contributed by atoms with van der Waals surface area (Å²) in [5.41, 5.74) is 7.13. The van der Waals surface area contributed by atoms with E-state index in [-0.39, 0.29) is 5.75 Å². The first-order valence-corrected chi connectivity index (χ1v) is 8.75. The zero-order chi connectivity index (χ0) is 15.5. The maximum Gasteiger partial charge on any atom is 0.182 e. The fourth-order valence-corrected chi connectivity index (χ4v) is 3.94. The molecule has 2 aromatic carbocycles. The number of sulfone groups is 1. The Morgan fingerprint density at radius 3 is 2.57 bits per heavy atom. The molecule has 4 nitrogen and oxygen atoms in total. The Morgan fingerprint density at radius 2 is 1.95 bits per heavy atom. The van der Waals surface area contributed by atoms with E-state index in [1.807, 2.05) is 0 Å². The molecule has 0 saturated heterocycles. The van der Waals surface area contributed by atoms with Gasteiger partial charge in [0.25, 0.3) is 0 Å². The highest BCUT2D eigenvalue weighted by atomic mass is 79.9. The summed E-state index contributed by atoms with van der Waals surface area (Å²) >= 11 is 3.28. The molecule has 0 heterocycles. The lowest BCUT2D eigenvalue weighted by atomic mass is 10.1. The van der Waals surface area contributed by atoms with E-state index >= 15 is 0 Å². The van der Waals surface area contributed by atoms with Gasteiger partial charge < -0.3 is 10.5 Å². The molecule has 112 valence electrons. The molecule has 0 unspecified atom stereocenters. The molecule has 0 aliphatic rings. The average molecular weight is 370 g/mol. The second kappa shape index (κ2) is 6.60. The van der Waals surface area contributed by atoms with Crippen molar-refractivity contribution in [3.8, 4) is 5.75 Å². The molecule has 21 heavy (non-hydrogen) atoms. The van der Waals surface area contributed by atoms with Crippen LogP contribution in [0.3, 0.4) is 0 Å². The van der Waals surface area contributed by atoms with Crippen molar-refractivity contribution >= 4 is 25.8 Å². The lowest BCUT2D eigenvalue weighted by Crippen LogP contribution is -2.06. The van der Waals surface area contributed by atoms with Crippen LogP contribution in [0.4, 0.5) is 0 Å². The van der Waals surface area contributed by atoms with Crippen molar-refractivity contribution in [3.05, 3.63) is 58.1 Å². The average Bonchev–Trinajstić information content (AvgIpc) is 2.46. The van der Waals surface area contributed by atoms with Gasteiger partial charge in [-0.15, -0.1) is 0 Å². The third kappa shape index (κ3) is 3.84. The van der Waals surface area contributed by atoms with Gasteiger partial charge >= 0.3 is 0 Å². The van der Waals surface area contributed by atoms with Crippen molar-refractivity contribution in [2.24, 2.45) is 5.73 Å². The molecule has 2 aromatic rings. The number of hydrogen-bond acceptors (Lipinski definition) is 4. The first-order valence-electron chi connectivity index (χ1n) is 6.30. The van der Waals surface area contributed by atoms with Crippen LogP contribution in [-0.4, -0.2) is 15.5 Å². The first kappa shape index (κ1) is 16.0. The Bertz CT molecular complexity index is 744. The molecule has 0 saturated carbocycles. The highest BCUT2D eigenvalue weighted by molar-refractivity contribution is 9.10. The molecule has 0 radical (unpaired) electrons. The van der Waals surface area contributed by atoms with Crippen molar-refractivity contribution in [2.75, 3.05) is 7.11 Å². The Balaban J connectivity index is 2.33. The van der Waals surface area contributed by atoms with Gasteiger partial charge in [-0.2, -0.15) is 0 Å². The minimum absolute atomic E-state index is 0.0787. The van der Waals surface area contributed by atoms with E-state index in [1.54, 1.807) is 49.6 Å². The number of rotatable bonds is 5. The van der Waals surface area contributed by atoms with Gasteiger partial charge in [0.05, 0.1) is 17.8 Å². The van der Waals surface area contributed by atoms with Gasteiger partial charge in [0.15, 0.2) is 9.84 Å². The molecule has 0 fully saturated rings. The van der Waals surface area contributed by atoms with Crippen molar-refractivity contribution in [2.45, 2.75) is 17.2 Å². The smallest absolute Gasteiger partial charge is 0.182 e. The van der Waals surface area contributed by atoms with Crippen LogP contribution in [-0.2, 0) is 22.1 Å². The van der Waals surface area contributed by atoms with Crippen molar-refractivity contribution < 1.29 is 13.2 Å². The van der Waals surface area contributed by atoms with E-state index < -0.39 is 9.84 Å². The third-order valence-corrected chi connectivity index (χ3v) is 5.26. The lowest BCUT2D eigenvalue weighted by Gasteiger charge is -2.10. The predicted octanol–water partition coefficient (Wildman–Crippen LogP) is 2.89. The summed E-state index contributed by atoms with van der Waals surface area (Å²) in [5, 5.41) is 0. The maximum absolute atomic E-state index is 12.4. The van der Waals surface area contributed by atoms with E-state index in [9.17, 15) is 8.42 Å². The summed E-state index contributed by atoms with van der Waals surface area (Å²) in [6.45, 7) is 0.349. The van der Waals surface area contributed by atoms with Crippen LogP contribution in [0.25, 0.3) is 0 Å². The molecule has 0 atom stereocenters. The van der Waals surface area contributed by atoms with Crippen LogP contribution >= 0.6 is 15.9 Å². The summed E-state index contributed by atoms with van der Waals surface area (Å²) in [5.74, 6) is 0.532. The standard InChI is InChI=1S/C15H16BrNO3S/c1-20-15-7-11(5-6-12(15)9-17)10-21(18,19)14-4-2-3-13(16)8-14/h2-8H,9-10,17H2,1H3. The maximum atomic E-state index is 12.4. The van der Waals surface area contributed by atoms with Crippen LogP contribution in [0.15, 0.2) is 51.8 Å². The third-order valence-electron chi connectivity index (χ3n) is 3.08. The molecule has 0 amide bonds. The zero-order valence-electron chi connectivity index (χ0n) is 11.5. The minimum Gasteiger partial charge on any atom is -0.496 e. The van der Waals surface area contributed by atoms with Crippen molar-refractivity contribution in [3.63, 3.8) is 0 Å². The molecular formula is C15H16BrNO3S. The summed E-state index contributed by atoms with van der Waals surface area (Å²) in [4.78, 5) is 0.291. The minimum atomic E-state index is -3.40. The largest absolute Gasteiger partial charge is 0.496 e. The fourth-order valence-electron chi connectivity index (χ4n) is 2.01. The summed E-state index contributed by atoms with van der Waals surface area (Å²) in [7, 11) is -1.85. The normalized spacial score (nSPS) is 11.4. The van der Waals surface area contributed by atoms with E-state index in [4.69, 9.17) is 10.5 Å². The molecule has 2 N–H and O–H groups in total. The van der Waals surface area contributed by atoms with E-state index in [1.165, 1.54) is 0 Å². The van der Waals surface area contributed by atoms with Crippen LogP contribution in [0.1, 0.15) is 11.1 Å². The van der Waals surface area contributed by atoms with Gasteiger partial charge in [-0.25, -0.2) is 8.42 Å². The monoisotopic (exact) mass is 369 g/mol. The SMILES string of the molecule is COc1cc(CS(=O)(=O)c2cccc(Br)c2)ccc1CN. The molecule has 0 aromatic heterocycles. The van der Waals surface area contributed by atoms with Crippen LogP contribution in [0.2, 0.25) is 0 Å². The number of hydrogen-bond donors (Lipinski definition) is 1. The Kier molecular flexibility index (Phi) is 5.03. The van der Waals surface area contributed by atoms with Gasteiger partial charge in [-0.05, 0) is 29.8 Å². The predicted molar refractivity (Wildman–Crippen MR) is 85.9 cm³/mol. The molecule has 2 rings (SSSR count). The lowest BCUT2D eigenvalue weighted by molar-refractivity contribution is 0.409. The quantitative estimate of drug-likeness (QED) is 0.879. The molecule has 0 bridgehead atoms. The first-order chi connectivity index (χ1) is 9.96. The molecule has 0 aliphatic heterocycles. The van der Waals surface area contributed by atoms with Gasteiger partial charge in [-0.3, -0.25) is 0 Å². The Labute approximate surface area is 133 Å². The van der Waals surface area contributed by atoms with Crippen LogP contribution < -0.4 is 10.5 Å². The second-order valence-corrected chi connectivity index (χ2v) is 7.47. The van der Waals surface area contributed by atoms with E-state index in [2.05, 4.69) is 15.9 Å². The van der Waals surface area contributed by atoms with Crippen LogP contribution in [0, 0.1) is 0 Å². The number of benzene rings is 2. The van der Waals surface area contributed by atoms with Crippen molar-refractivity contribution in [1.29, 1.82) is 0 Å². The molecule has 0 spiro atoms. The topological polar surface area (TPSA) is 69.4 Å². The van der Waals surface area contributed by atoms with E-state index in [0.717, 1.165) is 10.0 Å². The molecule has 6 heteroatoms.